The van der Waals surface area contributed by atoms with Crippen LogP contribution in [0.15, 0.2) is 54.6 Å². The Balaban J connectivity index is 0.00000114. The minimum atomic E-state index is 0.321. The summed E-state index contributed by atoms with van der Waals surface area (Å²) >= 11 is 6.59. The number of aryl methyl sites for hydroxylation is 1. The fourth-order valence-corrected chi connectivity index (χ4v) is 5.13. The lowest BCUT2D eigenvalue weighted by Crippen LogP contribution is -2.35. The molecule has 2 aromatic rings. The Morgan fingerprint density at radius 2 is 1.59 bits per heavy atom. The van der Waals surface area contributed by atoms with Crippen molar-refractivity contribution in [3.8, 4) is 6.07 Å². The smallest absolute Gasteiger partial charge is 0.0587 e. The molecule has 0 radical (unpaired) electrons. The Morgan fingerprint density at radius 1 is 0.969 bits per heavy atom. The summed E-state index contributed by atoms with van der Waals surface area (Å²) in [4.78, 5) is 2.67. The molecule has 3 atom stereocenters. The van der Waals surface area contributed by atoms with Crippen molar-refractivity contribution in [3.05, 3.63) is 71.3 Å². The van der Waals surface area contributed by atoms with Crippen molar-refractivity contribution in [3.63, 3.8) is 0 Å². The van der Waals surface area contributed by atoms with Crippen molar-refractivity contribution < 1.29 is 0 Å². The zero-order chi connectivity index (χ0) is 23.2. The maximum atomic E-state index is 7.32. The summed E-state index contributed by atoms with van der Waals surface area (Å²) < 4.78 is 0. The molecular formula is C29H41ClN2. The number of hydrogen-bond donors (Lipinski definition) is 0. The van der Waals surface area contributed by atoms with Crippen molar-refractivity contribution in [2.75, 3.05) is 13.1 Å². The highest BCUT2D eigenvalue weighted by Crippen LogP contribution is 2.36. The van der Waals surface area contributed by atoms with E-state index < -0.39 is 0 Å². The van der Waals surface area contributed by atoms with Crippen LogP contribution in [0.5, 0.6) is 0 Å². The minimum Gasteiger partial charge on any atom is -0.300 e. The number of nitrogens with zero attached hydrogens (tertiary/aromatic N) is 2. The zero-order valence-electron chi connectivity index (χ0n) is 20.3. The Bertz CT molecular complexity index is 781. The zero-order valence-corrected chi connectivity index (χ0v) is 21.0. The van der Waals surface area contributed by atoms with Gasteiger partial charge in [-0.05, 0) is 68.7 Å². The highest BCUT2D eigenvalue weighted by Gasteiger charge is 2.24. The molecule has 0 amide bonds. The van der Waals surface area contributed by atoms with Gasteiger partial charge in [0.2, 0.25) is 0 Å². The first-order valence-electron chi connectivity index (χ1n) is 12.4. The van der Waals surface area contributed by atoms with E-state index in [0.717, 1.165) is 19.4 Å². The van der Waals surface area contributed by atoms with E-state index in [9.17, 15) is 0 Å². The van der Waals surface area contributed by atoms with Crippen molar-refractivity contribution in [1.29, 1.82) is 5.26 Å². The van der Waals surface area contributed by atoms with Gasteiger partial charge in [-0.1, -0.05) is 74.4 Å². The second-order valence-electron chi connectivity index (χ2n) is 9.03. The first kappa shape index (κ1) is 26.4. The standard InChI is InChI=1S/C27H38ClN.C2H3N/c1-3-20-29(21-19-23-9-5-4-6-10-23)22(2)13-14-24-15-17-25(18-16-24)26-11-7-8-12-27(26)28;1-2-3/h4-6,9-10,15-18,22,26-27H,3,7-8,11-14,19-21H2,1-2H3;1H3. The van der Waals surface area contributed by atoms with Gasteiger partial charge in [0.15, 0.2) is 0 Å². The Morgan fingerprint density at radius 3 is 2.22 bits per heavy atom. The molecule has 0 aliphatic heterocycles. The topological polar surface area (TPSA) is 27.0 Å². The van der Waals surface area contributed by atoms with Crippen LogP contribution in [-0.2, 0) is 12.8 Å². The Kier molecular flexibility index (Phi) is 12.5. The van der Waals surface area contributed by atoms with Crippen LogP contribution in [0.3, 0.4) is 0 Å². The van der Waals surface area contributed by atoms with E-state index in [4.69, 9.17) is 16.9 Å². The first-order chi connectivity index (χ1) is 15.6. The van der Waals surface area contributed by atoms with Crippen LogP contribution in [0.2, 0.25) is 0 Å². The van der Waals surface area contributed by atoms with Crippen LogP contribution < -0.4 is 0 Å². The van der Waals surface area contributed by atoms with Gasteiger partial charge >= 0.3 is 0 Å². The lowest BCUT2D eigenvalue weighted by Gasteiger charge is -2.29. The maximum Gasteiger partial charge on any atom is 0.0587 e. The molecule has 0 bridgehead atoms. The second-order valence-corrected chi connectivity index (χ2v) is 9.59. The van der Waals surface area contributed by atoms with Crippen molar-refractivity contribution in [1.82, 2.24) is 4.90 Å². The molecule has 3 unspecified atom stereocenters. The lowest BCUT2D eigenvalue weighted by atomic mass is 9.83. The average Bonchev–Trinajstić information content (AvgIpc) is 2.82. The third-order valence-corrected chi connectivity index (χ3v) is 7.13. The molecule has 1 fully saturated rings. The monoisotopic (exact) mass is 452 g/mol. The first-order valence-corrected chi connectivity index (χ1v) is 12.8. The number of hydrogen-bond acceptors (Lipinski definition) is 2. The molecule has 0 N–H and O–H groups in total. The van der Waals surface area contributed by atoms with Crippen LogP contribution in [0.1, 0.15) is 81.9 Å². The van der Waals surface area contributed by atoms with Gasteiger partial charge in [0.25, 0.3) is 0 Å². The normalized spacial score (nSPS) is 19.0. The Labute approximate surface area is 201 Å². The van der Waals surface area contributed by atoms with Crippen LogP contribution in [-0.4, -0.2) is 29.4 Å². The molecule has 32 heavy (non-hydrogen) atoms. The molecule has 3 heteroatoms. The van der Waals surface area contributed by atoms with Gasteiger partial charge < -0.3 is 4.90 Å². The van der Waals surface area contributed by atoms with Gasteiger partial charge in [-0.2, -0.15) is 5.26 Å². The summed E-state index contributed by atoms with van der Waals surface area (Å²) in [5.74, 6) is 0.552. The molecule has 1 aliphatic rings. The molecule has 2 aromatic carbocycles. The second kappa shape index (κ2) is 15.1. The Hall–Kier alpha value is -1.82. The number of halogens is 1. The quantitative estimate of drug-likeness (QED) is 0.344. The summed E-state index contributed by atoms with van der Waals surface area (Å²) in [7, 11) is 0. The minimum absolute atomic E-state index is 0.321. The largest absolute Gasteiger partial charge is 0.300 e. The van der Waals surface area contributed by atoms with Crippen LogP contribution >= 0.6 is 11.6 Å². The maximum absolute atomic E-state index is 7.32. The van der Waals surface area contributed by atoms with E-state index >= 15 is 0 Å². The third kappa shape index (κ3) is 8.97. The van der Waals surface area contributed by atoms with Crippen molar-refractivity contribution in [2.24, 2.45) is 0 Å². The lowest BCUT2D eigenvalue weighted by molar-refractivity contribution is 0.202. The predicted molar refractivity (Wildman–Crippen MR) is 138 cm³/mol. The molecular weight excluding hydrogens is 412 g/mol. The molecule has 3 rings (SSSR count). The van der Waals surface area contributed by atoms with Gasteiger partial charge in [0.05, 0.1) is 6.07 Å². The fourth-order valence-electron chi connectivity index (χ4n) is 4.71. The van der Waals surface area contributed by atoms with Gasteiger partial charge in [-0.3, -0.25) is 0 Å². The van der Waals surface area contributed by atoms with E-state index in [-0.39, 0.29) is 0 Å². The molecule has 0 spiro atoms. The van der Waals surface area contributed by atoms with Crippen LogP contribution in [0, 0.1) is 11.3 Å². The van der Waals surface area contributed by atoms with Gasteiger partial charge in [0.1, 0.15) is 0 Å². The number of nitriles is 1. The van der Waals surface area contributed by atoms with E-state index in [1.54, 1.807) is 6.07 Å². The van der Waals surface area contributed by atoms with Gasteiger partial charge in [0, 0.05) is 30.8 Å². The summed E-state index contributed by atoms with van der Waals surface area (Å²) in [5, 5.41) is 7.64. The average molecular weight is 453 g/mol. The van der Waals surface area contributed by atoms with Gasteiger partial charge in [-0.15, -0.1) is 11.6 Å². The summed E-state index contributed by atoms with van der Waals surface area (Å²) in [6.45, 7) is 8.45. The van der Waals surface area contributed by atoms with E-state index in [0.29, 0.717) is 17.3 Å². The highest BCUT2D eigenvalue weighted by atomic mass is 35.5. The fraction of sp³-hybridized carbons (Fsp3) is 0.552. The van der Waals surface area contributed by atoms with Crippen molar-refractivity contribution in [2.45, 2.75) is 89.5 Å². The van der Waals surface area contributed by atoms with Crippen LogP contribution in [0.25, 0.3) is 0 Å². The van der Waals surface area contributed by atoms with E-state index in [1.807, 2.05) is 0 Å². The molecule has 1 saturated carbocycles. The molecule has 174 valence electrons. The number of benzene rings is 2. The SMILES string of the molecule is CC#N.CCCN(CCc1ccccc1)C(C)CCc1ccc(C2CCCCC2Cl)cc1. The molecule has 0 saturated heterocycles. The van der Waals surface area contributed by atoms with E-state index in [1.165, 1.54) is 68.7 Å². The number of rotatable bonds is 10. The molecule has 2 nitrogen and oxygen atoms in total. The van der Waals surface area contributed by atoms with Crippen molar-refractivity contribution >= 4 is 11.6 Å². The molecule has 0 heterocycles. The molecule has 1 aliphatic carbocycles. The van der Waals surface area contributed by atoms with Crippen LogP contribution in [0.4, 0.5) is 0 Å². The number of alkyl halides is 1. The summed E-state index contributed by atoms with van der Waals surface area (Å²) in [6, 6.07) is 22.6. The highest BCUT2D eigenvalue weighted by molar-refractivity contribution is 6.21. The van der Waals surface area contributed by atoms with E-state index in [2.05, 4.69) is 73.3 Å². The predicted octanol–water partition coefficient (Wildman–Crippen LogP) is 7.76. The van der Waals surface area contributed by atoms with Gasteiger partial charge in [-0.25, -0.2) is 0 Å². The summed E-state index contributed by atoms with van der Waals surface area (Å²) in [6.07, 6.45) is 9.76. The summed E-state index contributed by atoms with van der Waals surface area (Å²) in [5.41, 5.74) is 4.34. The third-order valence-electron chi connectivity index (χ3n) is 6.60. The molecule has 0 aromatic heterocycles.